The molecule has 2 nitrogen and oxygen atoms in total. The number of rotatable bonds is 6. The molecule has 2 atom stereocenters. The molecule has 0 amide bonds. The van der Waals surface area contributed by atoms with Crippen LogP contribution in [0, 0.1) is 11.3 Å². The summed E-state index contributed by atoms with van der Waals surface area (Å²) in [5, 5.41) is 3.56. The average Bonchev–Trinajstić information content (AvgIpc) is 2.22. The largest absolute Gasteiger partial charge is 0.316 e. The van der Waals surface area contributed by atoms with Crippen molar-refractivity contribution < 1.29 is 0 Å². The molecule has 1 saturated heterocycles. The molecule has 2 heteroatoms. The van der Waals surface area contributed by atoms with Crippen LogP contribution in [0.15, 0.2) is 0 Å². The first-order valence-corrected chi connectivity index (χ1v) is 7.39. The normalized spacial score (nSPS) is 27.4. The second-order valence-electron chi connectivity index (χ2n) is 6.79. The van der Waals surface area contributed by atoms with Crippen molar-refractivity contribution in [1.82, 2.24) is 10.2 Å². The standard InChI is InChI=1S/C15H32N2/c1-6-8-16-11-15(4,5)12-17-9-7-13(2)10-14(17)3/h13-14,16H,6-12H2,1-5H3. The van der Waals surface area contributed by atoms with Crippen molar-refractivity contribution in [2.75, 3.05) is 26.2 Å². The van der Waals surface area contributed by atoms with Gasteiger partial charge in [-0.15, -0.1) is 0 Å². The third kappa shape index (κ3) is 5.39. The fraction of sp³-hybridized carbons (Fsp3) is 1.00. The molecule has 0 saturated carbocycles. The van der Waals surface area contributed by atoms with E-state index in [9.17, 15) is 0 Å². The summed E-state index contributed by atoms with van der Waals surface area (Å²) < 4.78 is 0. The van der Waals surface area contributed by atoms with E-state index in [4.69, 9.17) is 0 Å². The van der Waals surface area contributed by atoms with Crippen molar-refractivity contribution in [3.8, 4) is 0 Å². The highest BCUT2D eigenvalue weighted by atomic mass is 15.2. The second-order valence-corrected chi connectivity index (χ2v) is 6.79. The molecule has 1 aliphatic rings. The van der Waals surface area contributed by atoms with Gasteiger partial charge < -0.3 is 10.2 Å². The van der Waals surface area contributed by atoms with Gasteiger partial charge in [0, 0.05) is 19.1 Å². The Hall–Kier alpha value is -0.0800. The molecule has 1 N–H and O–H groups in total. The number of nitrogens with zero attached hydrogens (tertiary/aromatic N) is 1. The van der Waals surface area contributed by atoms with Crippen LogP contribution in [0.3, 0.4) is 0 Å². The monoisotopic (exact) mass is 240 g/mol. The predicted molar refractivity (Wildman–Crippen MR) is 76.4 cm³/mol. The van der Waals surface area contributed by atoms with E-state index in [0.717, 1.165) is 25.0 Å². The van der Waals surface area contributed by atoms with E-state index in [-0.39, 0.29) is 0 Å². The van der Waals surface area contributed by atoms with Gasteiger partial charge in [-0.25, -0.2) is 0 Å². The third-order valence-corrected chi connectivity index (χ3v) is 3.94. The Morgan fingerprint density at radius 2 is 2.00 bits per heavy atom. The average molecular weight is 240 g/mol. The Kier molecular flexibility index (Phi) is 5.94. The van der Waals surface area contributed by atoms with E-state index >= 15 is 0 Å². The van der Waals surface area contributed by atoms with Gasteiger partial charge in [0.1, 0.15) is 0 Å². The summed E-state index contributed by atoms with van der Waals surface area (Å²) in [7, 11) is 0. The van der Waals surface area contributed by atoms with Crippen LogP contribution in [0.25, 0.3) is 0 Å². The third-order valence-electron chi connectivity index (χ3n) is 3.94. The van der Waals surface area contributed by atoms with Crippen LogP contribution in [0.5, 0.6) is 0 Å². The molecule has 17 heavy (non-hydrogen) atoms. The summed E-state index contributed by atoms with van der Waals surface area (Å²) in [5.74, 6) is 0.919. The topological polar surface area (TPSA) is 15.3 Å². The molecular weight excluding hydrogens is 208 g/mol. The second kappa shape index (κ2) is 6.75. The molecule has 1 heterocycles. The highest BCUT2D eigenvalue weighted by Gasteiger charge is 2.28. The Morgan fingerprint density at radius 1 is 1.29 bits per heavy atom. The number of nitrogens with one attached hydrogen (secondary N) is 1. The number of piperidine rings is 1. The maximum absolute atomic E-state index is 3.56. The van der Waals surface area contributed by atoms with Gasteiger partial charge in [0.25, 0.3) is 0 Å². The first kappa shape index (κ1) is 15.0. The quantitative estimate of drug-likeness (QED) is 0.718. The first-order chi connectivity index (χ1) is 7.94. The lowest BCUT2D eigenvalue weighted by Crippen LogP contribution is -2.47. The smallest absolute Gasteiger partial charge is 0.00697 e. The Morgan fingerprint density at radius 3 is 2.59 bits per heavy atom. The fourth-order valence-electron chi connectivity index (χ4n) is 2.90. The van der Waals surface area contributed by atoms with Crippen molar-refractivity contribution in [3.05, 3.63) is 0 Å². The van der Waals surface area contributed by atoms with Gasteiger partial charge in [0.15, 0.2) is 0 Å². The summed E-state index contributed by atoms with van der Waals surface area (Å²) in [6.07, 6.45) is 3.98. The van der Waals surface area contributed by atoms with Crippen LogP contribution in [0.1, 0.15) is 53.9 Å². The predicted octanol–water partition coefficient (Wildman–Crippen LogP) is 3.13. The SMILES string of the molecule is CCCNCC(C)(C)CN1CCC(C)CC1C. The van der Waals surface area contributed by atoms with Crippen LogP contribution in [0.4, 0.5) is 0 Å². The van der Waals surface area contributed by atoms with E-state index in [1.807, 2.05) is 0 Å². The molecule has 102 valence electrons. The maximum atomic E-state index is 3.56. The molecule has 0 radical (unpaired) electrons. The molecule has 0 aromatic rings. The minimum absolute atomic E-state index is 0.393. The molecule has 1 aliphatic heterocycles. The Bertz CT molecular complexity index is 213. The Labute approximate surface area is 108 Å². The van der Waals surface area contributed by atoms with E-state index in [1.165, 1.54) is 32.4 Å². The molecule has 1 fully saturated rings. The number of likely N-dealkylation sites (tertiary alicyclic amines) is 1. The molecule has 0 spiro atoms. The van der Waals surface area contributed by atoms with Crippen LogP contribution >= 0.6 is 0 Å². The molecule has 1 rings (SSSR count). The summed E-state index contributed by atoms with van der Waals surface area (Å²) in [6.45, 7) is 16.6. The lowest BCUT2D eigenvalue weighted by atomic mass is 9.88. The van der Waals surface area contributed by atoms with Crippen LogP contribution < -0.4 is 5.32 Å². The van der Waals surface area contributed by atoms with Crippen molar-refractivity contribution in [3.63, 3.8) is 0 Å². The van der Waals surface area contributed by atoms with Crippen LogP contribution in [-0.4, -0.2) is 37.1 Å². The summed E-state index contributed by atoms with van der Waals surface area (Å²) >= 11 is 0. The van der Waals surface area contributed by atoms with Gasteiger partial charge in [-0.1, -0.05) is 27.7 Å². The van der Waals surface area contributed by atoms with Crippen molar-refractivity contribution in [2.24, 2.45) is 11.3 Å². The summed E-state index contributed by atoms with van der Waals surface area (Å²) in [4.78, 5) is 2.69. The molecule has 0 bridgehead atoms. The zero-order valence-electron chi connectivity index (χ0n) is 12.6. The number of hydrogen-bond acceptors (Lipinski definition) is 2. The highest BCUT2D eigenvalue weighted by molar-refractivity contribution is 4.83. The van der Waals surface area contributed by atoms with Crippen molar-refractivity contribution in [1.29, 1.82) is 0 Å². The first-order valence-electron chi connectivity index (χ1n) is 7.39. The van der Waals surface area contributed by atoms with E-state index in [2.05, 4.69) is 44.8 Å². The van der Waals surface area contributed by atoms with Gasteiger partial charge in [0.05, 0.1) is 0 Å². The zero-order chi connectivity index (χ0) is 12.9. The highest BCUT2D eigenvalue weighted by Crippen LogP contribution is 2.26. The molecule has 0 aliphatic carbocycles. The minimum atomic E-state index is 0.393. The van der Waals surface area contributed by atoms with E-state index in [1.54, 1.807) is 0 Å². The summed E-state index contributed by atoms with van der Waals surface area (Å²) in [6, 6.07) is 0.768. The lowest BCUT2D eigenvalue weighted by molar-refractivity contribution is 0.0840. The molecule has 0 aromatic carbocycles. The Balaban J connectivity index is 2.35. The zero-order valence-corrected chi connectivity index (χ0v) is 12.6. The fourth-order valence-corrected chi connectivity index (χ4v) is 2.90. The van der Waals surface area contributed by atoms with Gasteiger partial charge >= 0.3 is 0 Å². The van der Waals surface area contributed by atoms with Crippen molar-refractivity contribution in [2.45, 2.75) is 59.9 Å². The lowest BCUT2D eigenvalue weighted by Gasteiger charge is -2.41. The molecule has 2 unspecified atom stereocenters. The summed E-state index contributed by atoms with van der Waals surface area (Å²) in [5.41, 5.74) is 0.393. The molecular formula is C15H32N2. The van der Waals surface area contributed by atoms with Gasteiger partial charge in [-0.3, -0.25) is 0 Å². The van der Waals surface area contributed by atoms with Crippen molar-refractivity contribution >= 4 is 0 Å². The number of hydrogen-bond donors (Lipinski definition) is 1. The van der Waals surface area contributed by atoms with Crippen LogP contribution in [-0.2, 0) is 0 Å². The van der Waals surface area contributed by atoms with Crippen LogP contribution in [0.2, 0.25) is 0 Å². The van der Waals surface area contributed by atoms with Gasteiger partial charge in [-0.05, 0) is 50.6 Å². The van der Waals surface area contributed by atoms with E-state index < -0.39 is 0 Å². The molecule has 0 aromatic heterocycles. The minimum Gasteiger partial charge on any atom is -0.316 e. The van der Waals surface area contributed by atoms with Gasteiger partial charge in [-0.2, -0.15) is 0 Å². The van der Waals surface area contributed by atoms with E-state index in [0.29, 0.717) is 5.41 Å². The van der Waals surface area contributed by atoms with Gasteiger partial charge in [0.2, 0.25) is 0 Å². The maximum Gasteiger partial charge on any atom is 0.00697 e.